The highest BCUT2D eigenvalue weighted by Crippen LogP contribution is 2.28. The van der Waals surface area contributed by atoms with Crippen LogP contribution in [0.25, 0.3) is 0 Å². The van der Waals surface area contributed by atoms with Gasteiger partial charge in [0.25, 0.3) is 0 Å². The van der Waals surface area contributed by atoms with Crippen LogP contribution >= 0.6 is 22.9 Å². The van der Waals surface area contributed by atoms with Gasteiger partial charge in [0.1, 0.15) is 0 Å². The largest absolute Gasteiger partial charge is 0.319 e. The molecule has 0 aliphatic carbocycles. The lowest BCUT2D eigenvalue weighted by atomic mass is 9.95. The summed E-state index contributed by atoms with van der Waals surface area (Å²) in [4.78, 5) is 1.41. The molecule has 17 heavy (non-hydrogen) atoms. The third kappa shape index (κ3) is 3.32. The van der Waals surface area contributed by atoms with Crippen LogP contribution in [-0.2, 0) is 6.42 Å². The van der Waals surface area contributed by atoms with E-state index in [1.54, 1.807) is 11.3 Å². The van der Waals surface area contributed by atoms with Crippen molar-refractivity contribution in [1.82, 2.24) is 5.32 Å². The Kier molecular flexibility index (Phi) is 4.60. The maximum Gasteiger partial charge on any atom is 0.0441 e. The van der Waals surface area contributed by atoms with Crippen LogP contribution in [0.3, 0.4) is 0 Å². The van der Waals surface area contributed by atoms with Crippen molar-refractivity contribution in [1.29, 1.82) is 0 Å². The highest BCUT2D eigenvalue weighted by Gasteiger charge is 2.14. The van der Waals surface area contributed by atoms with Gasteiger partial charge in [-0.15, -0.1) is 11.3 Å². The number of thiophene rings is 1. The molecule has 2 aromatic rings. The van der Waals surface area contributed by atoms with E-state index < -0.39 is 0 Å². The van der Waals surface area contributed by atoms with Gasteiger partial charge in [-0.2, -0.15) is 0 Å². The summed E-state index contributed by atoms with van der Waals surface area (Å²) in [5.41, 5.74) is 1.23. The zero-order valence-electron chi connectivity index (χ0n) is 9.82. The number of hydrogen-bond donors (Lipinski definition) is 1. The second-order valence-corrected chi connectivity index (χ2v) is 5.50. The van der Waals surface area contributed by atoms with E-state index in [-0.39, 0.29) is 0 Å². The van der Waals surface area contributed by atoms with Gasteiger partial charge in [0.2, 0.25) is 0 Å². The maximum absolute atomic E-state index is 6.27. The van der Waals surface area contributed by atoms with E-state index in [0.717, 1.165) is 18.0 Å². The van der Waals surface area contributed by atoms with Crippen molar-refractivity contribution in [3.05, 3.63) is 57.2 Å². The van der Waals surface area contributed by atoms with Crippen molar-refractivity contribution in [3.8, 4) is 0 Å². The van der Waals surface area contributed by atoms with Crippen LogP contribution in [-0.4, -0.2) is 13.6 Å². The number of nitrogens with one attached hydrogen (secondary N) is 1. The third-order valence-corrected chi connectivity index (χ3v) is 4.07. The minimum absolute atomic E-state index is 0.437. The van der Waals surface area contributed by atoms with Gasteiger partial charge in [0.15, 0.2) is 0 Å². The van der Waals surface area contributed by atoms with Crippen LogP contribution < -0.4 is 5.32 Å². The molecule has 0 aliphatic rings. The molecular formula is C14H16ClNS. The average molecular weight is 266 g/mol. The van der Waals surface area contributed by atoms with Gasteiger partial charge < -0.3 is 5.32 Å². The molecule has 1 nitrogen and oxygen atoms in total. The Labute approximate surface area is 111 Å². The first-order chi connectivity index (χ1) is 8.31. The highest BCUT2D eigenvalue weighted by atomic mass is 35.5. The first kappa shape index (κ1) is 12.6. The van der Waals surface area contributed by atoms with E-state index in [2.05, 4.69) is 35.0 Å². The summed E-state index contributed by atoms with van der Waals surface area (Å²) in [7, 11) is 1.98. The first-order valence-corrected chi connectivity index (χ1v) is 6.98. The Morgan fingerprint density at radius 1 is 1.24 bits per heavy atom. The minimum atomic E-state index is 0.437. The van der Waals surface area contributed by atoms with E-state index in [4.69, 9.17) is 11.6 Å². The monoisotopic (exact) mass is 265 g/mol. The van der Waals surface area contributed by atoms with Crippen molar-refractivity contribution in [2.75, 3.05) is 13.6 Å². The van der Waals surface area contributed by atoms with Crippen molar-refractivity contribution in [3.63, 3.8) is 0 Å². The Hall–Kier alpha value is -0.830. The molecule has 1 aromatic carbocycles. The quantitative estimate of drug-likeness (QED) is 0.863. The van der Waals surface area contributed by atoms with Crippen molar-refractivity contribution >= 4 is 22.9 Å². The summed E-state index contributed by atoms with van der Waals surface area (Å²) in [6, 6.07) is 12.4. The van der Waals surface area contributed by atoms with Crippen molar-refractivity contribution < 1.29 is 0 Å². The highest BCUT2D eigenvalue weighted by molar-refractivity contribution is 7.09. The van der Waals surface area contributed by atoms with E-state index in [1.165, 1.54) is 10.4 Å². The van der Waals surface area contributed by atoms with Gasteiger partial charge in [0.05, 0.1) is 0 Å². The van der Waals surface area contributed by atoms with Crippen LogP contribution in [0.1, 0.15) is 16.4 Å². The summed E-state index contributed by atoms with van der Waals surface area (Å²) < 4.78 is 0. The number of halogens is 1. The summed E-state index contributed by atoms with van der Waals surface area (Å²) in [6.45, 7) is 0.946. The van der Waals surface area contributed by atoms with Crippen molar-refractivity contribution in [2.24, 2.45) is 0 Å². The molecule has 1 aromatic heterocycles. The lowest BCUT2D eigenvalue weighted by molar-refractivity contribution is 0.630. The SMILES string of the molecule is CNCC(Cc1cccs1)c1ccccc1Cl. The molecule has 1 heterocycles. The predicted molar refractivity (Wildman–Crippen MR) is 76.1 cm³/mol. The molecule has 1 N–H and O–H groups in total. The van der Waals surface area contributed by atoms with Crippen LogP contribution in [0.5, 0.6) is 0 Å². The van der Waals surface area contributed by atoms with Gasteiger partial charge in [-0.3, -0.25) is 0 Å². The van der Waals surface area contributed by atoms with E-state index in [0.29, 0.717) is 5.92 Å². The molecule has 0 spiro atoms. The summed E-state index contributed by atoms with van der Waals surface area (Å²) >= 11 is 8.08. The van der Waals surface area contributed by atoms with Gasteiger partial charge in [0, 0.05) is 22.4 Å². The second-order valence-electron chi connectivity index (χ2n) is 4.06. The normalized spacial score (nSPS) is 12.6. The van der Waals surface area contributed by atoms with E-state index >= 15 is 0 Å². The van der Waals surface area contributed by atoms with Crippen LogP contribution in [0, 0.1) is 0 Å². The molecule has 0 saturated carbocycles. The standard InChI is InChI=1S/C14H16ClNS/c1-16-10-11(9-12-5-4-8-17-12)13-6-2-3-7-14(13)15/h2-8,11,16H,9-10H2,1H3. The Bertz CT molecular complexity index is 453. The molecule has 0 saturated heterocycles. The fraction of sp³-hybridized carbons (Fsp3) is 0.286. The number of likely N-dealkylation sites (N-methyl/N-ethyl adjacent to an activating group) is 1. The topological polar surface area (TPSA) is 12.0 Å². The zero-order chi connectivity index (χ0) is 12.1. The molecule has 3 heteroatoms. The summed E-state index contributed by atoms with van der Waals surface area (Å²) in [5, 5.41) is 6.24. The molecule has 0 bridgehead atoms. The molecule has 2 rings (SSSR count). The fourth-order valence-electron chi connectivity index (χ4n) is 2.02. The summed E-state index contributed by atoms with van der Waals surface area (Å²) in [5.74, 6) is 0.437. The average Bonchev–Trinajstić information content (AvgIpc) is 2.82. The lowest BCUT2D eigenvalue weighted by Crippen LogP contribution is -2.19. The minimum Gasteiger partial charge on any atom is -0.319 e. The van der Waals surface area contributed by atoms with Gasteiger partial charge >= 0.3 is 0 Å². The van der Waals surface area contributed by atoms with Gasteiger partial charge in [-0.25, -0.2) is 0 Å². The predicted octanol–water partition coefficient (Wildman–Crippen LogP) is 3.95. The molecule has 1 atom stereocenters. The van der Waals surface area contributed by atoms with Crippen molar-refractivity contribution in [2.45, 2.75) is 12.3 Å². The molecule has 0 amide bonds. The molecule has 0 radical (unpaired) electrons. The van der Waals surface area contributed by atoms with Crippen LogP contribution in [0.4, 0.5) is 0 Å². The molecule has 0 fully saturated rings. The molecule has 0 aliphatic heterocycles. The Morgan fingerprint density at radius 3 is 2.71 bits per heavy atom. The smallest absolute Gasteiger partial charge is 0.0441 e. The van der Waals surface area contributed by atoms with E-state index in [1.807, 2.05) is 19.2 Å². The lowest BCUT2D eigenvalue weighted by Gasteiger charge is -2.17. The number of benzene rings is 1. The molecule has 90 valence electrons. The van der Waals surface area contributed by atoms with Gasteiger partial charge in [-0.1, -0.05) is 35.9 Å². The molecular weight excluding hydrogens is 250 g/mol. The zero-order valence-corrected chi connectivity index (χ0v) is 11.4. The number of hydrogen-bond acceptors (Lipinski definition) is 2. The van der Waals surface area contributed by atoms with E-state index in [9.17, 15) is 0 Å². The van der Waals surface area contributed by atoms with Gasteiger partial charge in [-0.05, 0) is 36.5 Å². The Balaban J connectivity index is 2.20. The molecule has 1 unspecified atom stereocenters. The second kappa shape index (κ2) is 6.20. The van der Waals surface area contributed by atoms with Crippen LogP contribution in [0.15, 0.2) is 41.8 Å². The number of rotatable bonds is 5. The third-order valence-electron chi connectivity index (χ3n) is 2.82. The summed E-state index contributed by atoms with van der Waals surface area (Å²) in [6.07, 6.45) is 1.04. The van der Waals surface area contributed by atoms with Crippen LogP contribution in [0.2, 0.25) is 5.02 Å². The Morgan fingerprint density at radius 2 is 2.06 bits per heavy atom. The fourth-order valence-corrected chi connectivity index (χ4v) is 3.09. The first-order valence-electron chi connectivity index (χ1n) is 5.72. The maximum atomic E-state index is 6.27.